The first-order valence-corrected chi connectivity index (χ1v) is 22.5. The van der Waals surface area contributed by atoms with Gasteiger partial charge in [0.1, 0.15) is 30.0 Å². The molecule has 4 N–H and O–H groups in total. The van der Waals surface area contributed by atoms with Crippen molar-refractivity contribution in [2.24, 2.45) is 11.8 Å². The van der Waals surface area contributed by atoms with E-state index in [2.05, 4.69) is 105 Å². The van der Waals surface area contributed by atoms with Crippen LogP contribution in [0.3, 0.4) is 0 Å². The van der Waals surface area contributed by atoms with E-state index in [0.717, 1.165) is 104 Å². The average molecular weight is 895 g/mol. The number of nitrogens with zero attached hydrogens (tertiary/aromatic N) is 4. The minimum Gasteiger partial charge on any atom is -0.453 e. The summed E-state index contributed by atoms with van der Waals surface area (Å²) in [7, 11) is 6.50. The Kier molecular flexibility index (Phi) is 13.7. The maximum atomic E-state index is 13.9. The quantitative estimate of drug-likeness (QED) is 0.0916. The maximum absolute atomic E-state index is 13.9. The summed E-state index contributed by atoms with van der Waals surface area (Å²) in [5, 5.41) is 9.59. The van der Waals surface area contributed by atoms with E-state index in [4.69, 9.17) is 19.4 Å². The fourth-order valence-corrected chi connectivity index (χ4v) is 9.62. The van der Waals surface area contributed by atoms with Crippen LogP contribution in [0, 0.1) is 11.8 Å². The van der Waals surface area contributed by atoms with Crippen molar-refractivity contribution in [1.82, 2.24) is 40.4 Å². The molecule has 66 heavy (non-hydrogen) atoms. The summed E-state index contributed by atoms with van der Waals surface area (Å²) in [6, 6.07) is 29.3. The summed E-state index contributed by atoms with van der Waals surface area (Å²) >= 11 is 0. The van der Waals surface area contributed by atoms with Crippen molar-refractivity contribution >= 4 is 68.0 Å². The number of rotatable bonds is 11. The molecule has 4 heterocycles. The van der Waals surface area contributed by atoms with Gasteiger partial charge in [-0.3, -0.25) is 9.69 Å². The lowest BCUT2D eigenvalue weighted by Gasteiger charge is -2.32. The molecule has 2 aliphatic heterocycles. The highest BCUT2D eigenvalue weighted by molar-refractivity contribution is 6.07. The molecule has 0 radical (unpaired) electrons. The molecule has 2 saturated heterocycles. The zero-order chi connectivity index (χ0) is 46.6. The summed E-state index contributed by atoms with van der Waals surface area (Å²) in [5.74, 6) is 2.08. The molecular formula is C51H58N8O7. The summed E-state index contributed by atoms with van der Waals surface area (Å²) in [6.45, 7) is 7.69. The molecule has 2 aromatic heterocycles. The highest BCUT2D eigenvalue weighted by Gasteiger charge is 2.41. The molecular weight excluding hydrogens is 837 g/mol. The van der Waals surface area contributed by atoms with Crippen LogP contribution in [0.5, 0.6) is 0 Å². The Hall–Kier alpha value is -6.84. The summed E-state index contributed by atoms with van der Waals surface area (Å²) in [6.07, 6.45) is 2.11. The van der Waals surface area contributed by atoms with Gasteiger partial charge in [-0.25, -0.2) is 19.6 Å². The predicted molar refractivity (Wildman–Crippen MR) is 255 cm³/mol. The van der Waals surface area contributed by atoms with Gasteiger partial charge in [0.25, 0.3) is 0 Å². The molecule has 9 rings (SSSR count). The van der Waals surface area contributed by atoms with E-state index in [1.165, 1.54) is 14.2 Å². The third kappa shape index (κ3) is 9.31. The van der Waals surface area contributed by atoms with Crippen LogP contribution in [0.4, 0.5) is 9.59 Å². The van der Waals surface area contributed by atoms with E-state index in [1.54, 1.807) is 31.4 Å². The van der Waals surface area contributed by atoms with Crippen molar-refractivity contribution in [2.75, 3.05) is 41.5 Å². The van der Waals surface area contributed by atoms with Crippen LogP contribution in [0.1, 0.15) is 75.4 Å². The third-order valence-electron chi connectivity index (χ3n) is 13.0. The number of aromatic amines is 2. The first kappa shape index (κ1) is 45.7. The van der Waals surface area contributed by atoms with Crippen LogP contribution >= 0.6 is 0 Å². The Balaban J connectivity index is 0.000000364. The number of fused-ring (bicyclic) bond motifs is 6. The van der Waals surface area contributed by atoms with E-state index in [-0.39, 0.29) is 30.0 Å². The number of ether oxygens (including phenoxy) is 3. The van der Waals surface area contributed by atoms with E-state index in [1.807, 2.05) is 24.8 Å². The number of hydrogen-bond donors (Lipinski definition) is 4. The molecule has 5 unspecified atom stereocenters. The number of likely N-dealkylation sites (tertiary alicyclic amines) is 2. The maximum Gasteiger partial charge on any atom is 0.407 e. The van der Waals surface area contributed by atoms with Gasteiger partial charge in [-0.1, -0.05) is 80.6 Å². The third-order valence-corrected chi connectivity index (χ3v) is 13.0. The number of aromatic nitrogens is 4. The fourth-order valence-electron chi connectivity index (χ4n) is 9.62. The molecule has 2 fully saturated rings. The lowest BCUT2D eigenvalue weighted by molar-refractivity contribution is -0.137. The van der Waals surface area contributed by atoms with Crippen molar-refractivity contribution in [3.05, 3.63) is 108 Å². The zero-order valence-electron chi connectivity index (χ0n) is 38.5. The second-order valence-electron chi connectivity index (χ2n) is 17.8. The molecule has 7 aromatic rings. The average Bonchev–Trinajstić information content (AvgIpc) is 4.14. The number of carbonyl (C=O) groups excluding carboxylic acids is 4. The smallest absolute Gasteiger partial charge is 0.407 e. The molecule has 6 atom stereocenters. The number of H-pyrrole nitrogens is 2. The van der Waals surface area contributed by atoms with E-state index >= 15 is 0 Å². The standard InChI is InChI=1S/C41H47N7O4.C10H11NO3/c1-22(2)35(46-41(50)52-6)40(49)48-23(3)7-16-33(48)38-42-31-14-10-27-18-25(8-12-29(27)36(31)44-38)26-9-13-30-28(19-26)11-15-32-37(30)45-39(43-32)34-17-24(21-51-5)20-47(34)4;1-14-10(13)11-9(7-12)8-5-3-2-4-6-8/h8-15,18-19,22-24,33-35H,7,16-17,20-21H2,1-6H3,(H,42,44)(H,43,45)(H,46,50);2-7,9H,1H3,(H,11,13)/t;9-/m.0/s1. The number of nitrogens with one attached hydrogen (secondary N) is 4. The number of amides is 3. The van der Waals surface area contributed by atoms with Crippen LogP contribution in [-0.4, -0.2) is 108 Å². The van der Waals surface area contributed by atoms with Gasteiger partial charge in [0.2, 0.25) is 5.91 Å². The lowest BCUT2D eigenvalue weighted by Crippen LogP contribution is -2.52. The summed E-state index contributed by atoms with van der Waals surface area (Å²) < 4.78 is 14.6. The highest BCUT2D eigenvalue weighted by Crippen LogP contribution is 2.39. The monoisotopic (exact) mass is 894 g/mol. The minimum absolute atomic E-state index is 0.0155. The van der Waals surface area contributed by atoms with Gasteiger partial charge in [-0.05, 0) is 96.8 Å². The van der Waals surface area contributed by atoms with Gasteiger partial charge >= 0.3 is 12.2 Å². The van der Waals surface area contributed by atoms with Crippen molar-refractivity contribution < 1.29 is 33.4 Å². The number of carbonyl (C=O) groups is 4. The van der Waals surface area contributed by atoms with Crippen molar-refractivity contribution in [2.45, 2.75) is 70.2 Å². The van der Waals surface area contributed by atoms with E-state index in [0.29, 0.717) is 12.2 Å². The summed E-state index contributed by atoms with van der Waals surface area (Å²) in [5.41, 5.74) is 6.88. The van der Waals surface area contributed by atoms with Gasteiger partial charge in [0.05, 0.1) is 55.0 Å². The van der Waals surface area contributed by atoms with Gasteiger partial charge < -0.3 is 44.5 Å². The lowest BCUT2D eigenvalue weighted by atomic mass is 9.98. The Morgan fingerprint density at radius 2 is 1.35 bits per heavy atom. The normalized spacial score (nSPS) is 19.5. The first-order valence-electron chi connectivity index (χ1n) is 22.5. The van der Waals surface area contributed by atoms with Crippen LogP contribution in [0.2, 0.25) is 0 Å². The van der Waals surface area contributed by atoms with Crippen LogP contribution in [-0.2, 0) is 23.8 Å². The number of imidazole rings is 2. The molecule has 5 aromatic carbocycles. The topological polar surface area (TPSA) is 184 Å². The van der Waals surface area contributed by atoms with E-state index in [9.17, 15) is 19.2 Å². The van der Waals surface area contributed by atoms with Gasteiger partial charge in [0.15, 0.2) is 0 Å². The second-order valence-corrected chi connectivity index (χ2v) is 17.8. The molecule has 15 nitrogen and oxygen atoms in total. The SMILES string of the molecule is COC(=O)N[C@@H](C=O)c1ccccc1.COCC1CC(c2nc3c(ccc4cc(-c5ccc6c(ccc7[nH]c(C8CCC(C)N8C(=O)C(NC(=O)OC)C(C)C)nc76)c5)ccc43)[nH]2)N(C)C1. The van der Waals surface area contributed by atoms with Crippen LogP contribution in [0.25, 0.3) is 54.7 Å². The predicted octanol–water partition coefficient (Wildman–Crippen LogP) is 8.77. The molecule has 15 heteroatoms. The molecule has 0 saturated carbocycles. The Morgan fingerprint density at radius 3 is 1.89 bits per heavy atom. The number of benzene rings is 5. The second kappa shape index (κ2) is 19.7. The molecule has 344 valence electrons. The number of methoxy groups -OCH3 is 3. The minimum atomic E-state index is -0.690. The zero-order valence-corrected chi connectivity index (χ0v) is 38.5. The van der Waals surface area contributed by atoms with Crippen molar-refractivity contribution in [3.8, 4) is 11.1 Å². The molecule has 0 bridgehead atoms. The number of aldehydes is 1. The van der Waals surface area contributed by atoms with Gasteiger partial charge in [-0.15, -0.1) is 0 Å². The van der Waals surface area contributed by atoms with Crippen LogP contribution < -0.4 is 10.6 Å². The van der Waals surface area contributed by atoms with Crippen molar-refractivity contribution in [3.63, 3.8) is 0 Å². The highest BCUT2D eigenvalue weighted by atomic mass is 16.5. The van der Waals surface area contributed by atoms with Crippen LogP contribution in [0.15, 0.2) is 91.0 Å². The summed E-state index contributed by atoms with van der Waals surface area (Å²) in [4.78, 5) is 69.2. The molecule has 3 amide bonds. The Morgan fingerprint density at radius 1 is 0.773 bits per heavy atom. The number of alkyl carbamates (subject to hydrolysis) is 2. The molecule has 0 spiro atoms. The largest absolute Gasteiger partial charge is 0.453 e. The van der Waals surface area contributed by atoms with Gasteiger partial charge in [-0.2, -0.15) is 0 Å². The number of hydrogen-bond acceptors (Lipinski definition) is 10. The van der Waals surface area contributed by atoms with Gasteiger partial charge in [0, 0.05) is 30.5 Å². The molecule has 0 aliphatic carbocycles. The Bertz CT molecular complexity index is 2880. The first-order chi connectivity index (χ1) is 31.9. The van der Waals surface area contributed by atoms with Crippen molar-refractivity contribution in [1.29, 1.82) is 0 Å². The molecule has 2 aliphatic rings. The van der Waals surface area contributed by atoms with E-state index < -0.39 is 24.3 Å². The Labute approximate surface area is 383 Å². The fraction of sp³-hybridized carbons (Fsp3) is 0.373.